The Morgan fingerprint density at radius 1 is 1.14 bits per heavy atom. The summed E-state index contributed by atoms with van der Waals surface area (Å²) in [6.45, 7) is 0. The number of thiophene rings is 1. The standard InChI is InChI=1S/C14H10BrClN2O2S/c15-13(14-8(16)3-4-21-14)7-1-2-9-10(5-7)18-12(20)6-11(19)17-9/h1-5,13H,6H2,(H,17,19)(H,18,20). The molecule has 2 amide bonds. The summed E-state index contributed by atoms with van der Waals surface area (Å²) in [5.74, 6) is -0.626. The van der Waals surface area contributed by atoms with Crippen molar-refractivity contribution in [3.63, 3.8) is 0 Å². The van der Waals surface area contributed by atoms with E-state index in [2.05, 4.69) is 26.6 Å². The van der Waals surface area contributed by atoms with Gasteiger partial charge in [0.2, 0.25) is 11.8 Å². The molecule has 21 heavy (non-hydrogen) atoms. The van der Waals surface area contributed by atoms with E-state index in [9.17, 15) is 9.59 Å². The van der Waals surface area contributed by atoms with Gasteiger partial charge in [-0.2, -0.15) is 0 Å². The molecule has 0 saturated heterocycles. The first-order valence-electron chi connectivity index (χ1n) is 6.15. The molecule has 1 aromatic heterocycles. The number of fused-ring (bicyclic) bond motifs is 1. The van der Waals surface area contributed by atoms with Crippen LogP contribution in [0.2, 0.25) is 5.02 Å². The summed E-state index contributed by atoms with van der Waals surface area (Å²) in [6.07, 6.45) is -0.168. The summed E-state index contributed by atoms with van der Waals surface area (Å²) in [5.41, 5.74) is 2.15. The first-order chi connectivity index (χ1) is 10.0. The quantitative estimate of drug-likeness (QED) is 0.602. The van der Waals surface area contributed by atoms with Crippen molar-refractivity contribution >= 4 is 62.1 Å². The molecule has 2 N–H and O–H groups in total. The van der Waals surface area contributed by atoms with Gasteiger partial charge in [0.05, 0.1) is 21.2 Å². The van der Waals surface area contributed by atoms with Gasteiger partial charge in [0, 0.05) is 4.88 Å². The number of anilines is 2. The Kier molecular flexibility index (Phi) is 4.01. The van der Waals surface area contributed by atoms with Gasteiger partial charge in [-0.15, -0.1) is 11.3 Å². The van der Waals surface area contributed by atoms with Gasteiger partial charge in [-0.3, -0.25) is 9.59 Å². The summed E-state index contributed by atoms with van der Waals surface area (Å²) in [5, 5.41) is 8.07. The van der Waals surface area contributed by atoms with Crippen LogP contribution in [0.1, 0.15) is 21.7 Å². The normalized spacial score (nSPS) is 15.7. The van der Waals surface area contributed by atoms with Crippen LogP contribution in [-0.4, -0.2) is 11.8 Å². The molecule has 7 heteroatoms. The van der Waals surface area contributed by atoms with Crippen LogP contribution in [0.5, 0.6) is 0 Å². The lowest BCUT2D eigenvalue weighted by Gasteiger charge is -2.13. The van der Waals surface area contributed by atoms with Crippen LogP contribution in [-0.2, 0) is 9.59 Å². The van der Waals surface area contributed by atoms with Crippen molar-refractivity contribution in [2.75, 3.05) is 10.6 Å². The fourth-order valence-corrected chi connectivity index (χ4v) is 4.26. The number of alkyl halides is 1. The summed E-state index contributed by atoms with van der Waals surface area (Å²) < 4.78 is 0. The molecule has 1 aliphatic rings. The zero-order valence-electron chi connectivity index (χ0n) is 10.7. The summed E-state index contributed by atoms with van der Waals surface area (Å²) in [4.78, 5) is 24.1. The van der Waals surface area contributed by atoms with Crippen molar-refractivity contribution in [1.29, 1.82) is 0 Å². The second kappa shape index (κ2) is 5.79. The third kappa shape index (κ3) is 2.97. The van der Waals surface area contributed by atoms with Crippen molar-refractivity contribution < 1.29 is 9.59 Å². The monoisotopic (exact) mass is 384 g/mol. The van der Waals surface area contributed by atoms with E-state index in [4.69, 9.17) is 11.6 Å². The van der Waals surface area contributed by atoms with Gasteiger partial charge in [-0.25, -0.2) is 0 Å². The van der Waals surface area contributed by atoms with Gasteiger partial charge < -0.3 is 10.6 Å². The van der Waals surface area contributed by atoms with Gasteiger partial charge in [-0.05, 0) is 29.1 Å². The Labute approximate surface area is 138 Å². The predicted molar refractivity (Wildman–Crippen MR) is 88.4 cm³/mol. The molecule has 0 spiro atoms. The van der Waals surface area contributed by atoms with E-state index in [1.54, 1.807) is 17.4 Å². The highest BCUT2D eigenvalue weighted by Gasteiger charge is 2.21. The Hall–Kier alpha value is -1.37. The highest BCUT2D eigenvalue weighted by Crippen LogP contribution is 2.40. The van der Waals surface area contributed by atoms with Crippen molar-refractivity contribution in [3.05, 3.63) is 45.1 Å². The second-order valence-corrected chi connectivity index (χ2v) is 6.84. The maximum atomic E-state index is 11.6. The first kappa shape index (κ1) is 14.6. The molecule has 0 radical (unpaired) electrons. The van der Waals surface area contributed by atoms with Gasteiger partial charge in [0.25, 0.3) is 0 Å². The SMILES string of the molecule is O=C1CC(=O)Nc2cc(C(Br)c3sccc3Cl)ccc2N1. The van der Waals surface area contributed by atoms with Crippen LogP contribution in [0.15, 0.2) is 29.6 Å². The number of carbonyl (C=O) groups is 2. The topological polar surface area (TPSA) is 58.2 Å². The van der Waals surface area contributed by atoms with Crippen molar-refractivity contribution in [3.8, 4) is 0 Å². The van der Waals surface area contributed by atoms with Crippen LogP contribution < -0.4 is 10.6 Å². The Morgan fingerprint density at radius 3 is 2.52 bits per heavy atom. The van der Waals surface area contributed by atoms with Gasteiger partial charge >= 0.3 is 0 Å². The molecule has 1 aromatic carbocycles. The zero-order chi connectivity index (χ0) is 15.0. The minimum Gasteiger partial charge on any atom is -0.324 e. The highest BCUT2D eigenvalue weighted by molar-refractivity contribution is 9.09. The molecule has 1 unspecified atom stereocenters. The number of hydrogen-bond donors (Lipinski definition) is 2. The van der Waals surface area contributed by atoms with Gasteiger partial charge in [0.1, 0.15) is 6.42 Å². The lowest BCUT2D eigenvalue weighted by Crippen LogP contribution is -2.16. The molecule has 0 fully saturated rings. The Balaban J connectivity index is 1.98. The van der Waals surface area contributed by atoms with Gasteiger partial charge in [0.15, 0.2) is 0 Å². The summed E-state index contributed by atoms with van der Waals surface area (Å²) >= 11 is 11.3. The van der Waals surface area contributed by atoms with Crippen molar-refractivity contribution in [2.24, 2.45) is 0 Å². The number of amides is 2. The molecule has 0 bridgehead atoms. The van der Waals surface area contributed by atoms with Crippen LogP contribution in [0, 0.1) is 0 Å². The average Bonchev–Trinajstić information content (AvgIpc) is 2.79. The van der Waals surface area contributed by atoms with E-state index < -0.39 is 0 Å². The third-order valence-electron chi connectivity index (χ3n) is 3.08. The summed E-state index contributed by atoms with van der Waals surface area (Å²) in [7, 11) is 0. The van der Waals surface area contributed by atoms with E-state index in [1.165, 1.54) is 0 Å². The fourth-order valence-electron chi connectivity index (χ4n) is 2.10. The third-order valence-corrected chi connectivity index (χ3v) is 5.79. The van der Waals surface area contributed by atoms with Crippen LogP contribution in [0.4, 0.5) is 11.4 Å². The second-order valence-electron chi connectivity index (χ2n) is 4.57. The lowest BCUT2D eigenvalue weighted by molar-refractivity contribution is -0.123. The van der Waals surface area contributed by atoms with Crippen LogP contribution >= 0.6 is 38.9 Å². The average molecular weight is 386 g/mol. The molecule has 2 heterocycles. The molecular weight excluding hydrogens is 376 g/mol. The molecule has 1 atom stereocenters. The number of halogens is 2. The van der Waals surface area contributed by atoms with E-state index in [0.29, 0.717) is 16.4 Å². The minimum atomic E-state index is -0.316. The number of rotatable bonds is 2. The Morgan fingerprint density at radius 2 is 1.86 bits per heavy atom. The molecule has 1 aliphatic heterocycles. The van der Waals surface area contributed by atoms with E-state index in [1.807, 2.05) is 23.6 Å². The van der Waals surface area contributed by atoms with Gasteiger partial charge in [-0.1, -0.05) is 33.6 Å². The molecule has 3 rings (SSSR count). The van der Waals surface area contributed by atoms with Crippen molar-refractivity contribution in [1.82, 2.24) is 0 Å². The fraction of sp³-hybridized carbons (Fsp3) is 0.143. The molecule has 2 aromatic rings. The van der Waals surface area contributed by atoms with Crippen molar-refractivity contribution in [2.45, 2.75) is 11.2 Å². The molecule has 0 aliphatic carbocycles. The molecular formula is C14H10BrClN2O2S. The lowest BCUT2D eigenvalue weighted by atomic mass is 10.1. The predicted octanol–water partition coefficient (Wildman–Crippen LogP) is 4.17. The first-order valence-corrected chi connectivity index (χ1v) is 8.32. The molecule has 108 valence electrons. The Bertz CT molecular complexity index is 732. The summed E-state index contributed by atoms with van der Waals surface area (Å²) in [6, 6.07) is 7.37. The number of benzene rings is 1. The molecule has 0 saturated carbocycles. The zero-order valence-corrected chi connectivity index (χ0v) is 13.8. The van der Waals surface area contributed by atoms with E-state index in [-0.39, 0.29) is 23.1 Å². The maximum absolute atomic E-state index is 11.6. The number of hydrogen-bond acceptors (Lipinski definition) is 3. The minimum absolute atomic E-state index is 0.0637. The molecule has 4 nitrogen and oxygen atoms in total. The van der Waals surface area contributed by atoms with Crippen LogP contribution in [0.25, 0.3) is 0 Å². The van der Waals surface area contributed by atoms with E-state index >= 15 is 0 Å². The van der Waals surface area contributed by atoms with Crippen LogP contribution in [0.3, 0.4) is 0 Å². The number of carbonyl (C=O) groups excluding carboxylic acids is 2. The van der Waals surface area contributed by atoms with E-state index in [0.717, 1.165) is 10.4 Å². The smallest absolute Gasteiger partial charge is 0.233 e. The largest absolute Gasteiger partial charge is 0.324 e. The highest BCUT2D eigenvalue weighted by atomic mass is 79.9. The number of nitrogens with one attached hydrogen (secondary N) is 2. The maximum Gasteiger partial charge on any atom is 0.233 e.